The average Bonchev–Trinajstić information content (AvgIpc) is 3.51. The van der Waals surface area contributed by atoms with Crippen LogP contribution in [-0.4, -0.2) is 24.5 Å². The minimum Gasteiger partial charge on any atom is -0.305 e. The molecule has 0 radical (unpaired) electrons. The Hall–Kier alpha value is -4.94. The number of thiophene rings is 1. The zero-order valence-electron chi connectivity index (χ0n) is 20.1. The van der Waals surface area contributed by atoms with Crippen molar-refractivity contribution in [3.05, 3.63) is 116 Å². The zero-order valence-corrected chi connectivity index (χ0v) is 20.9. The fraction of sp³-hybridized carbons (Fsp3) is 0. The molecule has 6 heteroatoms. The van der Waals surface area contributed by atoms with Crippen molar-refractivity contribution in [2.75, 3.05) is 0 Å². The van der Waals surface area contributed by atoms with E-state index >= 15 is 0 Å². The first-order valence-electron chi connectivity index (χ1n) is 12.4. The highest BCUT2D eigenvalue weighted by Gasteiger charge is 2.18. The molecule has 8 aromatic rings. The Balaban J connectivity index is 1.42. The van der Waals surface area contributed by atoms with Gasteiger partial charge in [-0.05, 0) is 42.0 Å². The monoisotopic (exact) mass is 505 g/mol. The highest BCUT2D eigenvalue weighted by molar-refractivity contribution is 7.25. The molecule has 0 unspecified atom stereocenters. The quantitative estimate of drug-likeness (QED) is 0.244. The summed E-state index contributed by atoms with van der Waals surface area (Å²) >= 11 is 1.82. The van der Waals surface area contributed by atoms with E-state index in [-0.39, 0.29) is 0 Å². The van der Waals surface area contributed by atoms with Crippen LogP contribution in [0.5, 0.6) is 0 Å². The van der Waals surface area contributed by atoms with Gasteiger partial charge < -0.3 is 4.57 Å². The van der Waals surface area contributed by atoms with Crippen molar-refractivity contribution in [3.63, 3.8) is 0 Å². The summed E-state index contributed by atoms with van der Waals surface area (Å²) in [5.41, 5.74) is 7.14. The first-order chi connectivity index (χ1) is 18.8. The maximum absolute atomic E-state index is 5.00. The molecule has 0 amide bonds. The first-order valence-corrected chi connectivity index (χ1v) is 13.2. The molecule has 0 fully saturated rings. The molecule has 0 bridgehead atoms. The Morgan fingerprint density at radius 3 is 2.18 bits per heavy atom. The molecule has 0 saturated carbocycles. The molecule has 0 aliphatic rings. The van der Waals surface area contributed by atoms with Crippen molar-refractivity contribution < 1.29 is 0 Å². The van der Waals surface area contributed by atoms with Crippen LogP contribution in [0.1, 0.15) is 0 Å². The van der Waals surface area contributed by atoms with Gasteiger partial charge in [0, 0.05) is 55.3 Å². The van der Waals surface area contributed by atoms with Gasteiger partial charge >= 0.3 is 0 Å². The Labute approximate surface area is 221 Å². The third kappa shape index (κ3) is 3.24. The molecular formula is C32H19N5S. The summed E-state index contributed by atoms with van der Waals surface area (Å²) < 4.78 is 4.78. The van der Waals surface area contributed by atoms with Crippen molar-refractivity contribution in [1.82, 2.24) is 24.5 Å². The molecule has 3 aromatic carbocycles. The van der Waals surface area contributed by atoms with Crippen LogP contribution in [0.3, 0.4) is 0 Å². The van der Waals surface area contributed by atoms with Crippen LogP contribution in [0.25, 0.3) is 70.3 Å². The summed E-state index contributed by atoms with van der Waals surface area (Å²) in [6, 6.07) is 29.6. The predicted octanol–water partition coefficient (Wildman–Crippen LogP) is 8.07. The van der Waals surface area contributed by atoms with Crippen LogP contribution < -0.4 is 0 Å². The van der Waals surface area contributed by atoms with Crippen LogP contribution in [0.2, 0.25) is 0 Å². The molecule has 5 aromatic heterocycles. The summed E-state index contributed by atoms with van der Waals surface area (Å²) in [6.45, 7) is 0. The lowest BCUT2D eigenvalue weighted by molar-refractivity contribution is 1.08. The molecule has 0 atom stereocenters. The fourth-order valence-electron chi connectivity index (χ4n) is 5.25. The second-order valence-corrected chi connectivity index (χ2v) is 10.3. The second kappa shape index (κ2) is 8.30. The molecule has 0 saturated heterocycles. The minimum absolute atomic E-state index is 0.673. The van der Waals surface area contributed by atoms with Crippen molar-refractivity contribution in [1.29, 1.82) is 0 Å². The number of hydrogen-bond acceptors (Lipinski definition) is 5. The Morgan fingerprint density at radius 2 is 1.34 bits per heavy atom. The summed E-state index contributed by atoms with van der Waals surface area (Å²) in [4.78, 5) is 18.5. The molecule has 0 spiro atoms. The zero-order chi connectivity index (χ0) is 25.1. The van der Waals surface area contributed by atoms with E-state index in [1.54, 1.807) is 12.4 Å². The smallest absolute Gasteiger partial charge is 0.159 e. The first kappa shape index (κ1) is 21.2. The van der Waals surface area contributed by atoms with Gasteiger partial charge in [-0.25, -0.2) is 9.97 Å². The topological polar surface area (TPSA) is 56.5 Å². The van der Waals surface area contributed by atoms with Crippen molar-refractivity contribution in [3.8, 4) is 28.2 Å². The van der Waals surface area contributed by atoms with E-state index in [0.29, 0.717) is 5.82 Å². The molecule has 38 heavy (non-hydrogen) atoms. The van der Waals surface area contributed by atoms with Gasteiger partial charge in [0.05, 0.1) is 34.6 Å². The lowest BCUT2D eigenvalue weighted by Gasteiger charge is -2.09. The maximum atomic E-state index is 5.00. The third-order valence-corrected chi connectivity index (χ3v) is 8.18. The second-order valence-electron chi connectivity index (χ2n) is 9.26. The number of aromatic nitrogens is 5. The Bertz CT molecular complexity index is 2110. The molecular weight excluding hydrogens is 486 g/mol. The van der Waals surface area contributed by atoms with Gasteiger partial charge in [-0.2, -0.15) is 0 Å². The van der Waals surface area contributed by atoms with Gasteiger partial charge in [0.2, 0.25) is 0 Å². The lowest BCUT2D eigenvalue weighted by atomic mass is 10.1. The molecule has 0 N–H and O–H groups in total. The largest absolute Gasteiger partial charge is 0.305 e. The van der Waals surface area contributed by atoms with Gasteiger partial charge in [-0.1, -0.05) is 48.5 Å². The highest BCUT2D eigenvalue weighted by atomic mass is 32.1. The van der Waals surface area contributed by atoms with Crippen molar-refractivity contribution in [2.24, 2.45) is 0 Å². The number of rotatable bonds is 3. The van der Waals surface area contributed by atoms with Gasteiger partial charge in [0.1, 0.15) is 0 Å². The Morgan fingerprint density at radius 1 is 0.553 bits per heavy atom. The summed E-state index contributed by atoms with van der Waals surface area (Å²) in [5, 5.41) is 3.66. The summed E-state index contributed by atoms with van der Waals surface area (Å²) in [5.74, 6) is 0.673. The van der Waals surface area contributed by atoms with Crippen molar-refractivity contribution in [2.45, 2.75) is 0 Å². The van der Waals surface area contributed by atoms with E-state index in [1.165, 1.54) is 20.2 Å². The summed E-state index contributed by atoms with van der Waals surface area (Å²) in [7, 11) is 0. The molecule has 5 heterocycles. The number of nitrogens with zero attached hydrogens (tertiary/aromatic N) is 5. The number of pyridine rings is 2. The number of benzene rings is 3. The van der Waals surface area contributed by atoms with Crippen LogP contribution in [-0.2, 0) is 0 Å². The number of hydrogen-bond donors (Lipinski definition) is 0. The standard InChI is InChI=1S/C32H19N5S/c1-2-6-20(7-3-1)22-14-28-31(34-17-22)26-15-25-24-8-4-5-9-29(24)38-30(25)16-27(26)37(28)23-18-35-32(36-19-23)21-10-12-33-13-11-21/h1-19H. The van der Waals surface area contributed by atoms with Gasteiger partial charge in [0.15, 0.2) is 5.82 Å². The molecule has 178 valence electrons. The Kier molecular flexibility index (Phi) is 4.62. The van der Waals surface area contributed by atoms with E-state index in [9.17, 15) is 0 Å². The molecule has 0 aliphatic carbocycles. The van der Waals surface area contributed by atoms with Gasteiger partial charge in [0.25, 0.3) is 0 Å². The predicted molar refractivity (Wildman–Crippen MR) is 156 cm³/mol. The van der Waals surface area contributed by atoms with E-state index in [4.69, 9.17) is 15.0 Å². The van der Waals surface area contributed by atoms with Crippen LogP contribution in [0, 0.1) is 0 Å². The van der Waals surface area contributed by atoms with Crippen LogP contribution >= 0.6 is 11.3 Å². The van der Waals surface area contributed by atoms with Gasteiger partial charge in [-0.15, -0.1) is 11.3 Å². The average molecular weight is 506 g/mol. The lowest BCUT2D eigenvalue weighted by Crippen LogP contribution is -1.98. The molecule has 8 rings (SSSR count). The van der Waals surface area contributed by atoms with E-state index < -0.39 is 0 Å². The molecule has 5 nitrogen and oxygen atoms in total. The van der Waals surface area contributed by atoms with Crippen molar-refractivity contribution >= 4 is 53.4 Å². The summed E-state index contributed by atoms with van der Waals surface area (Å²) in [6.07, 6.45) is 9.28. The van der Waals surface area contributed by atoms with Crippen LogP contribution in [0.4, 0.5) is 0 Å². The SMILES string of the molecule is c1ccc(-c2cnc3c4cc5c(cc4n(-c4cnc(-c6ccncc6)nc4)c3c2)sc2ccccc25)cc1. The normalized spacial score (nSPS) is 11.7. The van der Waals surface area contributed by atoms with E-state index in [0.717, 1.165) is 44.3 Å². The third-order valence-electron chi connectivity index (χ3n) is 7.04. The maximum Gasteiger partial charge on any atom is 0.159 e. The fourth-order valence-corrected chi connectivity index (χ4v) is 6.37. The van der Waals surface area contributed by atoms with E-state index in [1.807, 2.05) is 48.1 Å². The van der Waals surface area contributed by atoms with E-state index in [2.05, 4.69) is 76.3 Å². The van der Waals surface area contributed by atoms with Crippen LogP contribution in [0.15, 0.2) is 116 Å². The van der Waals surface area contributed by atoms with Gasteiger partial charge in [-0.3, -0.25) is 9.97 Å². The number of fused-ring (bicyclic) bond motifs is 6. The minimum atomic E-state index is 0.673. The highest BCUT2D eigenvalue weighted by Crippen LogP contribution is 2.40. The molecule has 0 aliphatic heterocycles.